The minimum Gasteiger partial charge on any atom is -0.380 e. The van der Waals surface area contributed by atoms with Crippen LogP contribution in [-0.2, 0) is 27.4 Å². The number of nitrogens with one attached hydrogen (secondary N) is 2. The highest BCUT2D eigenvalue weighted by atomic mass is 19.1. The fourth-order valence-electron chi connectivity index (χ4n) is 4.15. The molecule has 7 nitrogen and oxygen atoms in total. The van der Waals surface area contributed by atoms with Crippen LogP contribution in [0.2, 0.25) is 0 Å². The van der Waals surface area contributed by atoms with Gasteiger partial charge in [0, 0.05) is 31.3 Å². The van der Waals surface area contributed by atoms with Gasteiger partial charge in [-0.3, -0.25) is 9.69 Å². The number of aromatic amines is 1. The van der Waals surface area contributed by atoms with E-state index in [0.29, 0.717) is 29.6 Å². The molecule has 0 saturated carbocycles. The maximum Gasteiger partial charge on any atom is 0.227 e. The Morgan fingerprint density at radius 3 is 3.14 bits per heavy atom. The molecule has 1 aromatic carbocycles. The van der Waals surface area contributed by atoms with Gasteiger partial charge in [0.2, 0.25) is 5.91 Å². The van der Waals surface area contributed by atoms with Crippen molar-refractivity contribution in [2.45, 2.75) is 37.7 Å². The lowest BCUT2D eigenvalue weighted by Gasteiger charge is -2.21. The Morgan fingerprint density at radius 1 is 1.48 bits per heavy atom. The Balaban J connectivity index is 1.41. The molecule has 2 aliphatic heterocycles. The molecule has 3 atom stereocenters. The normalized spacial score (nSPS) is 24.9. The highest BCUT2D eigenvalue weighted by molar-refractivity contribution is 5.82. The molecule has 0 spiro atoms. The van der Waals surface area contributed by atoms with Crippen molar-refractivity contribution in [1.82, 2.24) is 20.2 Å². The molecule has 1 amide bonds. The van der Waals surface area contributed by atoms with Crippen LogP contribution in [0.25, 0.3) is 11.0 Å². The van der Waals surface area contributed by atoms with Gasteiger partial charge in [-0.05, 0) is 12.5 Å². The number of alkyl halides is 1. The number of hydrogen-bond donors (Lipinski definition) is 2. The van der Waals surface area contributed by atoms with Crippen molar-refractivity contribution in [3.8, 4) is 0 Å². The van der Waals surface area contributed by atoms with Gasteiger partial charge in [0.25, 0.3) is 0 Å². The number of para-hydroxylation sites is 1. The molecule has 2 aromatic rings. The molecular weight excluding hydrogens is 375 g/mol. The molecular formula is C21H27FN4O3. The molecule has 156 valence electrons. The summed E-state index contributed by atoms with van der Waals surface area (Å²) in [6, 6.07) is 5.59. The second kappa shape index (κ2) is 9.02. The fraction of sp³-hybridized carbons (Fsp3) is 0.524. The number of amides is 1. The van der Waals surface area contributed by atoms with Crippen LogP contribution in [0, 0.1) is 0 Å². The van der Waals surface area contributed by atoms with E-state index in [2.05, 4.69) is 26.8 Å². The van der Waals surface area contributed by atoms with Crippen molar-refractivity contribution in [3.63, 3.8) is 0 Å². The quantitative estimate of drug-likeness (QED) is 0.658. The largest absolute Gasteiger partial charge is 0.380 e. The van der Waals surface area contributed by atoms with E-state index in [9.17, 15) is 9.18 Å². The number of benzene rings is 1. The first-order chi connectivity index (χ1) is 14.2. The van der Waals surface area contributed by atoms with E-state index >= 15 is 0 Å². The van der Waals surface area contributed by atoms with Gasteiger partial charge in [-0.2, -0.15) is 0 Å². The molecule has 4 rings (SSSR count). The maximum atomic E-state index is 13.1. The molecule has 2 fully saturated rings. The molecule has 2 N–H and O–H groups in total. The van der Waals surface area contributed by atoms with Crippen LogP contribution in [0.3, 0.4) is 0 Å². The van der Waals surface area contributed by atoms with Gasteiger partial charge in [0.1, 0.15) is 12.5 Å². The SMILES string of the molecule is C=CCO[C@H]1CN(C2CCOC2)CC1NC(=O)Cc1nc2c(CF)cccc2[nH]1. The highest BCUT2D eigenvalue weighted by Gasteiger charge is 2.38. The molecule has 0 bridgehead atoms. The van der Waals surface area contributed by atoms with E-state index in [4.69, 9.17) is 9.47 Å². The Labute approximate surface area is 169 Å². The van der Waals surface area contributed by atoms with Crippen LogP contribution in [0.15, 0.2) is 30.9 Å². The standard InChI is InChI=1S/C21H27FN4O3/c1-2-7-29-18-12-26(15-6-8-28-13-15)11-17(18)24-20(27)9-19-23-16-5-3-4-14(10-22)21(16)25-19/h2-5,15,17-18H,1,6-13H2,(H,23,25)(H,24,27)/t15?,17?,18-/m0/s1. The summed E-state index contributed by atoms with van der Waals surface area (Å²) < 4.78 is 24.5. The first-order valence-corrected chi connectivity index (χ1v) is 10.0. The second-order valence-electron chi connectivity index (χ2n) is 7.61. The summed E-state index contributed by atoms with van der Waals surface area (Å²) in [5.41, 5.74) is 1.84. The highest BCUT2D eigenvalue weighted by Crippen LogP contribution is 2.22. The Morgan fingerprint density at radius 2 is 2.38 bits per heavy atom. The summed E-state index contributed by atoms with van der Waals surface area (Å²) >= 11 is 0. The molecule has 0 aliphatic carbocycles. The van der Waals surface area contributed by atoms with Crippen LogP contribution < -0.4 is 5.32 Å². The number of fused-ring (bicyclic) bond motifs is 1. The van der Waals surface area contributed by atoms with Gasteiger partial charge in [-0.15, -0.1) is 6.58 Å². The maximum absolute atomic E-state index is 13.1. The van der Waals surface area contributed by atoms with E-state index in [1.165, 1.54) is 0 Å². The molecule has 0 radical (unpaired) electrons. The zero-order valence-electron chi connectivity index (χ0n) is 16.4. The van der Waals surface area contributed by atoms with E-state index in [1.54, 1.807) is 18.2 Å². The first-order valence-electron chi connectivity index (χ1n) is 10.0. The lowest BCUT2D eigenvalue weighted by molar-refractivity contribution is -0.122. The lowest BCUT2D eigenvalue weighted by atomic mass is 10.2. The van der Waals surface area contributed by atoms with Gasteiger partial charge in [0.05, 0.1) is 42.8 Å². The number of H-pyrrole nitrogens is 1. The molecule has 2 aliphatic rings. The molecule has 3 heterocycles. The molecule has 29 heavy (non-hydrogen) atoms. The summed E-state index contributed by atoms with van der Waals surface area (Å²) in [5, 5.41) is 3.10. The van der Waals surface area contributed by atoms with Gasteiger partial charge in [-0.25, -0.2) is 9.37 Å². The summed E-state index contributed by atoms with van der Waals surface area (Å²) in [6.07, 6.45) is 2.74. The van der Waals surface area contributed by atoms with Crippen molar-refractivity contribution in [2.75, 3.05) is 32.9 Å². The summed E-state index contributed by atoms with van der Waals surface area (Å²) in [7, 11) is 0. The molecule has 8 heteroatoms. The van der Waals surface area contributed by atoms with Crippen molar-refractivity contribution in [1.29, 1.82) is 0 Å². The molecule has 2 unspecified atom stereocenters. The number of halogens is 1. The number of imidazole rings is 1. The van der Waals surface area contributed by atoms with Gasteiger partial charge in [0.15, 0.2) is 0 Å². The number of likely N-dealkylation sites (tertiary alicyclic amines) is 1. The predicted octanol–water partition coefficient (Wildman–Crippen LogP) is 1.74. The first kappa shape index (κ1) is 20.0. The van der Waals surface area contributed by atoms with Crippen LogP contribution in [0.4, 0.5) is 4.39 Å². The average Bonchev–Trinajstić information content (AvgIpc) is 3.45. The third-order valence-electron chi connectivity index (χ3n) is 5.61. The van der Waals surface area contributed by atoms with Gasteiger partial charge in [-0.1, -0.05) is 18.2 Å². The topological polar surface area (TPSA) is 79.5 Å². The summed E-state index contributed by atoms with van der Waals surface area (Å²) in [6.45, 7) is 6.57. The minimum absolute atomic E-state index is 0.0913. The van der Waals surface area contributed by atoms with E-state index in [0.717, 1.165) is 38.2 Å². The van der Waals surface area contributed by atoms with Gasteiger partial charge >= 0.3 is 0 Å². The predicted molar refractivity (Wildman–Crippen MR) is 107 cm³/mol. The van der Waals surface area contributed by atoms with Crippen molar-refractivity contribution >= 4 is 16.9 Å². The second-order valence-corrected chi connectivity index (χ2v) is 7.61. The zero-order chi connectivity index (χ0) is 20.2. The smallest absolute Gasteiger partial charge is 0.227 e. The number of ether oxygens (including phenoxy) is 2. The number of carbonyl (C=O) groups excluding carboxylic acids is 1. The summed E-state index contributed by atoms with van der Waals surface area (Å²) in [5.74, 6) is 0.397. The van der Waals surface area contributed by atoms with Crippen molar-refractivity contribution in [3.05, 3.63) is 42.2 Å². The van der Waals surface area contributed by atoms with Gasteiger partial charge < -0.3 is 19.8 Å². The van der Waals surface area contributed by atoms with Crippen LogP contribution >= 0.6 is 0 Å². The zero-order valence-corrected chi connectivity index (χ0v) is 16.4. The van der Waals surface area contributed by atoms with Crippen LogP contribution in [-0.4, -0.2) is 71.9 Å². The van der Waals surface area contributed by atoms with Crippen molar-refractivity contribution in [2.24, 2.45) is 0 Å². The fourth-order valence-corrected chi connectivity index (χ4v) is 4.15. The van der Waals surface area contributed by atoms with E-state index < -0.39 is 6.67 Å². The monoisotopic (exact) mass is 402 g/mol. The number of hydrogen-bond acceptors (Lipinski definition) is 5. The molecule has 2 saturated heterocycles. The molecule has 1 aromatic heterocycles. The Hall–Kier alpha value is -2.29. The summed E-state index contributed by atoms with van der Waals surface area (Å²) in [4.78, 5) is 22.5. The van der Waals surface area contributed by atoms with Crippen molar-refractivity contribution < 1.29 is 18.7 Å². The average molecular weight is 402 g/mol. The Kier molecular flexibility index (Phi) is 6.22. The lowest BCUT2D eigenvalue weighted by Crippen LogP contribution is -2.45. The number of rotatable bonds is 8. The number of carbonyl (C=O) groups is 1. The van der Waals surface area contributed by atoms with E-state index in [-0.39, 0.29) is 24.5 Å². The number of aromatic nitrogens is 2. The third kappa shape index (κ3) is 4.49. The minimum atomic E-state index is -0.584. The van der Waals surface area contributed by atoms with Crippen LogP contribution in [0.1, 0.15) is 17.8 Å². The van der Waals surface area contributed by atoms with Crippen LogP contribution in [0.5, 0.6) is 0 Å². The van der Waals surface area contributed by atoms with E-state index in [1.807, 2.05) is 6.07 Å². The number of nitrogens with zero attached hydrogens (tertiary/aromatic N) is 2. The third-order valence-corrected chi connectivity index (χ3v) is 5.61. The Bertz CT molecular complexity index is 865.